The summed E-state index contributed by atoms with van der Waals surface area (Å²) in [5, 5.41) is 2.48. The lowest BCUT2D eigenvalue weighted by molar-refractivity contribution is -0.147. The molecule has 0 atom stereocenters. The number of carbonyl (C=O) groups excluding carboxylic acids is 2. The molecule has 0 fully saturated rings. The van der Waals surface area contributed by atoms with Crippen molar-refractivity contribution >= 4 is 29.3 Å². The van der Waals surface area contributed by atoms with Gasteiger partial charge in [0.25, 0.3) is 11.7 Å². The zero-order valence-corrected chi connectivity index (χ0v) is 16.1. The van der Waals surface area contributed by atoms with Crippen molar-refractivity contribution in [3.05, 3.63) is 54.1 Å². The first-order valence-corrected chi connectivity index (χ1v) is 9.57. The molecule has 0 radical (unpaired) electrons. The van der Waals surface area contributed by atoms with E-state index in [9.17, 15) is 18.4 Å². The Morgan fingerprint density at radius 1 is 1.11 bits per heavy atom. The number of hydrogen-bond donors (Lipinski definition) is 1. The van der Waals surface area contributed by atoms with E-state index in [1.807, 2.05) is 31.2 Å². The first-order chi connectivity index (χ1) is 13.5. The molecule has 0 aliphatic rings. The molecular formula is C20H21F2NO4S. The second-order valence-corrected chi connectivity index (χ2v) is 6.66. The number of carbonyl (C=O) groups is 2. The molecule has 28 heavy (non-hydrogen) atoms. The van der Waals surface area contributed by atoms with E-state index in [-0.39, 0.29) is 17.0 Å². The SMILES string of the molecule is CCOc1ccccc1CCC(=O)OCC(=O)Nc1ccccc1SC(F)F. The lowest BCUT2D eigenvalue weighted by atomic mass is 10.1. The molecule has 0 heterocycles. The maximum Gasteiger partial charge on any atom is 0.306 e. The van der Waals surface area contributed by atoms with Crippen LogP contribution in [-0.2, 0) is 20.7 Å². The van der Waals surface area contributed by atoms with Crippen LogP contribution in [0.25, 0.3) is 0 Å². The fourth-order valence-corrected chi connectivity index (χ4v) is 3.01. The van der Waals surface area contributed by atoms with Crippen LogP contribution in [0.5, 0.6) is 5.75 Å². The Bertz CT molecular complexity index is 801. The van der Waals surface area contributed by atoms with Gasteiger partial charge >= 0.3 is 5.97 Å². The maximum atomic E-state index is 12.6. The van der Waals surface area contributed by atoms with Crippen molar-refractivity contribution in [2.45, 2.75) is 30.4 Å². The van der Waals surface area contributed by atoms with Gasteiger partial charge in [0.05, 0.1) is 12.3 Å². The van der Waals surface area contributed by atoms with Gasteiger partial charge in [0.2, 0.25) is 0 Å². The summed E-state index contributed by atoms with van der Waals surface area (Å²) in [7, 11) is 0. The molecule has 2 aromatic carbocycles. The van der Waals surface area contributed by atoms with Gasteiger partial charge in [0, 0.05) is 11.3 Å². The summed E-state index contributed by atoms with van der Waals surface area (Å²) in [6.07, 6.45) is 0.514. The van der Waals surface area contributed by atoms with Crippen LogP contribution in [0.1, 0.15) is 18.9 Å². The van der Waals surface area contributed by atoms with Gasteiger partial charge in [-0.3, -0.25) is 9.59 Å². The number of thioether (sulfide) groups is 1. The van der Waals surface area contributed by atoms with Crippen molar-refractivity contribution in [1.29, 1.82) is 0 Å². The zero-order valence-electron chi connectivity index (χ0n) is 15.3. The molecule has 0 aliphatic carbocycles. The molecule has 0 aliphatic heterocycles. The summed E-state index contributed by atoms with van der Waals surface area (Å²) < 4.78 is 35.6. The number of aryl methyl sites for hydroxylation is 1. The number of alkyl halides is 2. The largest absolute Gasteiger partial charge is 0.494 e. The number of nitrogens with one attached hydrogen (secondary N) is 1. The van der Waals surface area contributed by atoms with Crippen molar-refractivity contribution in [1.82, 2.24) is 0 Å². The smallest absolute Gasteiger partial charge is 0.306 e. The number of para-hydroxylation sites is 2. The van der Waals surface area contributed by atoms with Crippen LogP contribution in [0.4, 0.5) is 14.5 Å². The molecule has 0 unspecified atom stereocenters. The number of halogens is 2. The molecule has 0 bridgehead atoms. The third-order valence-electron chi connectivity index (χ3n) is 3.61. The molecule has 0 spiro atoms. The maximum absolute atomic E-state index is 12.6. The molecular weight excluding hydrogens is 388 g/mol. The molecule has 0 saturated heterocycles. The number of hydrogen-bond acceptors (Lipinski definition) is 5. The van der Waals surface area contributed by atoms with Crippen molar-refractivity contribution in [3.63, 3.8) is 0 Å². The van der Waals surface area contributed by atoms with Crippen LogP contribution in [0, 0.1) is 0 Å². The van der Waals surface area contributed by atoms with Gasteiger partial charge in [-0.1, -0.05) is 42.1 Å². The van der Waals surface area contributed by atoms with E-state index in [1.165, 1.54) is 12.1 Å². The van der Waals surface area contributed by atoms with Gasteiger partial charge in [-0.05, 0) is 37.1 Å². The Kier molecular flexibility index (Phi) is 8.74. The highest BCUT2D eigenvalue weighted by molar-refractivity contribution is 7.99. The highest BCUT2D eigenvalue weighted by atomic mass is 32.2. The summed E-state index contributed by atoms with van der Waals surface area (Å²) in [5.74, 6) is -3.01. The van der Waals surface area contributed by atoms with Gasteiger partial charge < -0.3 is 14.8 Å². The number of ether oxygens (including phenoxy) is 2. The first-order valence-electron chi connectivity index (χ1n) is 8.69. The molecule has 150 valence electrons. The summed E-state index contributed by atoms with van der Waals surface area (Å²) in [6.45, 7) is 1.91. The second kappa shape index (κ2) is 11.3. The van der Waals surface area contributed by atoms with Crippen molar-refractivity contribution in [3.8, 4) is 5.75 Å². The highest BCUT2D eigenvalue weighted by Gasteiger charge is 2.13. The van der Waals surface area contributed by atoms with Gasteiger partial charge in [-0.2, -0.15) is 8.78 Å². The monoisotopic (exact) mass is 409 g/mol. The first kappa shape index (κ1) is 21.7. The lowest BCUT2D eigenvalue weighted by Crippen LogP contribution is -2.21. The van der Waals surface area contributed by atoms with Gasteiger partial charge in [0.1, 0.15) is 5.75 Å². The Balaban J connectivity index is 1.81. The molecule has 0 aromatic heterocycles. The summed E-state index contributed by atoms with van der Waals surface area (Å²) in [4.78, 5) is 24.1. The number of benzene rings is 2. The van der Waals surface area contributed by atoms with Crippen LogP contribution in [0.3, 0.4) is 0 Å². The fourth-order valence-electron chi connectivity index (χ4n) is 2.42. The minimum absolute atomic E-state index is 0.0924. The van der Waals surface area contributed by atoms with E-state index in [1.54, 1.807) is 12.1 Å². The molecule has 0 saturated carbocycles. The Morgan fingerprint density at radius 3 is 2.57 bits per heavy atom. The average molecular weight is 409 g/mol. The number of anilines is 1. The van der Waals surface area contributed by atoms with E-state index >= 15 is 0 Å². The molecule has 5 nitrogen and oxygen atoms in total. The minimum Gasteiger partial charge on any atom is -0.494 e. The van der Waals surface area contributed by atoms with Crippen LogP contribution >= 0.6 is 11.8 Å². The quantitative estimate of drug-likeness (QED) is 0.462. The lowest BCUT2D eigenvalue weighted by Gasteiger charge is -2.11. The van der Waals surface area contributed by atoms with Crippen molar-refractivity contribution < 1.29 is 27.8 Å². The normalized spacial score (nSPS) is 10.6. The molecule has 8 heteroatoms. The minimum atomic E-state index is -2.60. The molecule has 1 N–H and O–H groups in total. The van der Waals surface area contributed by atoms with E-state index < -0.39 is 24.2 Å². The number of esters is 1. The molecule has 2 rings (SSSR count). The van der Waals surface area contributed by atoms with Crippen LogP contribution in [0.2, 0.25) is 0 Å². The van der Waals surface area contributed by atoms with E-state index in [0.717, 1.165) is 5.56 Å². The summed E-state index contributed by atoms with van der Waals surface area (Å²) in [6, 6.07) is 13.6. The Morgan fingerprint density at radius 2 is 1.82 bits per heavy atom. The van der Waals surface area contributed by atoms with Gasteiger partial charge in [0.15, 0.2) is 6.61 Å². The third-order valence-corrected chi connectivity index (χ3v) is 4.40. The third kappa shape index (κ3) is 7.19. The predicted molar refractivity (Wildman–Crippen MR) is 104 cm³/mol. The molecule has 2 aromatic rings. The van der Waals surface area contributed by atoms with Gasteiger partial charge in [-0.15, -0.1) is 0 Å². The average Bonchev–Trinajstić information content (AvgIpc) is 2.67. The standard InChI is InChI=1S/C20H21F2NO4S/c1-2-26-16-9-5-3-7-14(16)11-12-19(25)27-13-18(24)23-15-8-4-6-10-17(15)28-20(21)22/h3-10,20H,2,11-13H2,1H3,(H,23,24). The summed E-state index contributed by atoms with van der Waals surface area (Å²) >= 11 is 0.335. The Hall–Kier alpha value is -2.61. The van der Waals surface area contributed by atoms with Gasteiger partial charge in [-0.25, -0.2) is 0 Å². The fraction of sp³-hybridized carbons (Fsp3) is 0.300. The molecule has 1 amide bonds. The van der Waals surface area contributed by atoms with Crippen molar-refractivity contribution in [2.75, 3.05) is 18.5 Å². The topological polar surface area (TPSA) is 64.6 Å². The van der Waals surface area contributed by atoms with Crippen LogP contribution in [0.15, 0.2) is 53.4 Å². The summed E-state index contributed by atoms with van der Waals surface area (Å²) in [5.41, 5.74) is 1.13. The van der Waals surface area contributed by atoms with Crippen LogP contribution in [-0.4, -0.2) is 30.8 Å². The Labute approximate surface area is 166 Å². The number of rotatable bonds is 10. The van der Waals surface area contributed by atoms with Crippen LogP contribution < -0.4 is 10.1 Å². The van der Waals surface area contributed by atoms with E-state index in [4.69, 9.17) is 9.47 Å². The second-order valence-electron chi connectivity index (χ2n) is 5.62. The van der Waals surface area contributed by atoms with E-state index in [2.05, 4.69) is 5.32 Å². The predicted octanol–water partition coefficient (Wildman–Crippen LogP) is 4.51. The number of amides is 1. The van der Waals surface area contributed by atoms with Crippen molar-refractivity contribution in [2.24, 2.45) is 0 Å². The van der Waals surface area contributed by atoms with E-state index in [0.29, 0.717) is 30.5 Å². The highest BCUT2D eigenvalue weighted by Crippen LogP contribution is 2.31. The zero-order chi connectivity index (χ0) is 20.4.